The molecule has 11 heteroatoms. The molecule has 2 aliphatic rings. The molecule has 2 aliphatic heterocycles. The van der Waals surface area contributed by atoms with Crippen molar-refractivity contribution in [2.75, 3.05) is 12.8 Å². The highest BCUT2D eigenvalue weighted by atomic mass is 16.2. The number of nitrogens with two attached hydrogens (primary N) is 1. The van der Waals surface area contributed by atoms with Crippen LogP contribution in [0.3, 0.4) is 0 Å². The maximum Gasteiger partial charge on any atom is 0.317 e. The van der Waals surface area contributed by atoms with E-state index in [1.165, 1.54) is 11.4 Å². The number of imidazole rings is 1. The molecule has 4 aromatic heterocycles. The van der Waals surface area contributed by atoms with Crippen LogP contribution in [0.4, 0.5) is 10.6 Å². The van der Waals surface area contributed by atoms with Crippen LogP contribution in [0.15, 0.2) is 36.9 Å². The summed E-state index contributed by atoms with van der Waals surface area (Å²) in [5.74, 6) is 0.862. The summed E-state index contributed by atoms with van der Waals surface area (Å²) in [5, 5.41) is 7.22. The maximum absolute atomic E-state index is 12.7. The lowest BCUT2D eigenvalue weighted by Gasteiger charge is -2.38. The van der Waals surface area contributed by atoms with Crippen LogP contribution in [0.5, 0.6) is 0 Å². The molecule has 0 radical (unpaired) electrons. The van der Waals surface area contributed by atoms with Gasteiger partial charge in [0, 0.05) is 54.8 Å². The van der Waals surface area contributed by atoms with Gasteiger partial charge in [-0.05, 0) is 38.7 Å². The summed E-state index contributed by atoms with van der Waals surface area (Å²) in [7, 11) is 1.66. The molecule has 6 heterocycles. The first-order chi connectivity index (χ1) is 17.5. The maximum atomic E-state index is 12.7. The molecule has 2 saturated heterocycles. The SMILES string of the molecule is CNC(=O)N1[C@@H]2CC[C@H]1C[C@H](c1nc3c(-c4ccc(-c5ncc[nH]5)nc4)cnn3c(N)c1C(C)=O)C2. The van der Waals surface area contributed by atoms with E-state index < -0.39 is 0 Å². The standard InChI is InChI=1S/C25H27N9O2/c1-13(35)20-21(15-9-16-4-5-17(10-15)33(16)25(36)27-2)32-24-18(12-31-34(24)22(20)26)14-3-6-19(30-11-14)23-28-7-8-29-23/h3,6-8,11-12,15-17H,4-5,9-10,26H2,1-2H3,(H,27,36)(H,28,29)/t15-,16-,17+. The number of hydrogen-bond acceptors (Lipinski definition) is 7. The van der Waals surface area contributed by atoms with Crippen molar-refractivity contribution in [2.45, 2.75) is 50.6 Å². The number of pyridine rings is 1. The molecule has 2 bridgehead atoms. The number of H-pyrrole nitrogens is 1. The highest BCUT2D eigenvalue weighted by molar-refractivity contribution is 6.00. The van der Waals surface area contributed by atoms with Crippen LogP contribution < -0.4 is 11.1 Å². The minimum absolute atomic E-state index is 0.0248. The molecule has 0 aliphatic carbocycles. The van der Waals surface area contributed by atoms with E-state index in [4.69, 9.17) is 10.7 Å². The van der Waals surface area contributed by atoms with E-state index in [1.807, 2.05) is 17.0 Å². The zero-order chi connectivity index (χ0) is 25.0. The summed E-state index contributed by atoms with van der Waals surface area (Å²) >= 11 is 0. The molecule has 6 rings (SSSR count). The van der Waals surface area contributed by atoms with Gasteiger partial charge in [-0.1, -0.05) is 6.07 Å². The Balaban J connectivity index is 1.42. The zero-order valence-electron chi connectivity index (χ0n) is 20.1. The quantitative estimate of drug-likeness (QED) is 0.376. The van der Waals surface area contributed by atoms with Gasteiger partial charge in [0.25, 0.3) is 0 Å². The van der Waals surface area contributed by atoms with Crippen molar-refractivity contribution in [3.05, 3.63) is 48.2 Å². The lowest BCUT2D eigenvalue weighted by Crippen LogP contribution is -2.49. The molecule has 2 amide bonds. The average molecular weight is 486 g/mol. The van der Waals surface area contributed by atoms with Gasteiger partial charge in [-0.25, -0.2) is 14.8 Å². The van der Waals surface area contributed by atoms with Gasteiger partial charge in [-0.3, -0.25) is 9.78 Å². The summed E-state index contributed by atoms with van der Waals surface area (Å²) in [4.78, 5) is 44.0. The number of anilines is 1. The van der Waals surface area contributed by atoms with Gasteiger partial charge >= 0.3 is 6.03 Å². The van der Waals surface area contributed by atoms with Crippen LogP contribution in [0.25, 0.3) is 28.3 Å². The Morgan fingerprint density at radius 2 is 1.92 bits per heavy atom. The third kappa shape index (κ3) is 3.42. The third-order valence-corrected chi connectivity index (χ3v) is 7.45. The summed E-state index contributed by atoms with van der Waals surface area (Å²) < 4.78 is 1.53. The van der Waals surface area contributed by atoms with E-state index in [9.17, 15) is 9.59 Å². The molecule has 0 spiro atoms. The van der Waals surface area contributed by atoms with Crippen LogP contribution in [0, 0.1) is 0 Å². The number of nitrogens with one attached hydrogen (secondary N) is 2. The number of urea groups is 1. The Kier molecular flexibility index (Phi) is 5.20. The first-order valence-corrected chi connectivity index (χ1v) is 12.1. The number of hydrogen-bond donors (Lipinski definition) is 3. The van der Waals surface area contributed by atoms with Crippen molar-refractivity contribution in [1.29, 1.82) is 0 Å². The molecular formula is C25H27N9O2. The number of nitrogen functional groups attached to an aromatic ring is 1. The lowest BCUT2D eigenvalue weighted by atomic mass is 9.85. The van der Waals surface area contributed by atoms with Gasteiger partial charge in [-0.15, -0.1) is 0 Å². The molecule has 36 heavy (non-hydrogen) atoms. The predicted molar refractivity (Wildman–Crippen MR) is 133 cm³/mol. The Bertz CT molecular complexity index is 1450. The van der Waals surface area contributed by atoms with Crippen molar-refractivity contribution in [3.63, 3.8) is 0 Å². The summed E-state index contributed by atoms with van der Waals surface area (Å²) in [5.41, 5.74) is 10.6. The molecule has 2 fully saturated rings. The number of ketones is 1. The van der Waals surface area contributed by atoms with E-state index in [-0.39, 0.29) is 35.6 Å². The van der Waals surface area contributed by atoms with Gasteiger partial charge in [0.15, 0.2) is 17.3 Å². The van der Waals surface area contributed by atoms with Gasteiger partial charge in [0.1, 0.15) is 11.5 Å². The second-order valence-electron chi connectivity index (χ2n) is 9.49. The van der Waals surface area contributed by atoms with Gasteiger partial charge in [0.2, 0.25) is 0 Å². The fourth-order valence-electron chi connectivity index (χ4n) is 5.85. The molecule has 3 atom stereocenters. The summed E-state index contributed by atoms with van der Waals surface area (Å²) in [6.45, 7) is 1.51. The highest BCUT2D eigenvalue weighted by Crippen LogP contribution is 2.44. The molecule has 184 valence electrons. The predicted octanol–water partition coefficient (Wildman–Crippen LogP) is 3.02. The van der Waals surface area contributed by atoms with Gasteiger partial charge in [-0.2, -0.15) is 9.61 Å². The molecule has 11 nitrogen and oxygen atoms in total. The number of fused-ring (bicyclic) bond motifs is 3. The number of rotatable bonds is 4. The molecule has 4 N–H and O–H groups in total. The van der Waals surface area contributed by atoms with Gasteiger partial charge in [0.05, 0.1) is 17.5 Å². The first-order valence-electron chi connectivity index (χ1n) is 12.1. The lowest BCUT2D eigenvalue weighted by molar-refractivity contribution is 0.101. The van der Waals surface area contributed by atoms with Crippen LogP contribution in [0.1, 0.15) is 54.6 Å². The van der Waals surface area contributed by atoms with Crippen LogP contribution in [-0.4, -0.2) is 65.4 Å². The van der Waals surface area contributed by atoms with Crippen LogP contribution >= 0.6 is 0 Å². The van der Waals surface area contributed by atoms with E-state index in [1.54, 1.807) is 31.8 Å². The number of amides is 2. The van der Waals surface area contributed by atoms with Crippen LogP contribution in [0.2, 0.25) is 0 Å². The number of piperidine rings is 1. The topological polar surface area (TPSA) is 147 Å². The van der Waals surface area contributed by atoms with Crippen molar-refractivity contribution in [1.82, 2.24) is 39.8 Å². The Morgan fingerprint density at radius 3 is 2.53 bits per heavy atom. The van der Waals surface area contributed by atoms with Crippen molar-refractivity contribution in [3.8, 4) is 22.6 Å². The number of carbonyl (C=O) groups is 2. The summed E-state index contributed by atoms with van der Waals surface area (Å²) in [6, 6.07) is 4.03. The zero-order valence-corrected chi connectivity index (χ0v) is 20.1. The largest absolute Gasteiger partial charge is 0.383 e. The van der Waals surface area contributed by atoms with Gasteiger partial charge < -0.3 is 20.9 Å². The molecular weight excluding hydrogens is 458 g/mol. The van der Waals surface area contributed by atoms with Crippen molar-refractivity contribution in [2.24, 2.45) is 0 Å². The van der Waals surface area contributed by atoms with Crippen molar-refractivity contribution < 1.29 is 9.59 Å². The van der Waals surface area contributed by atoms with Crippen molar-refractivity contribution >= 4 is 23.3 Å². The highest BCUT2D eigenvalue weighted by Gasteiger charge is 2.44. The average Bonchev–Trinajstić information content (AvgIpc) is 3.62. The number of nitrogens with zero attached hydrogens (tertiary/aromatic N) is 6. The number of carbonyl (C=O) groups excluding carboxylic acids is 2. The molecule has 0 aromatic carbocycles. The van der Waals surface area contributed by atoms with E-state index in [0.717, 1.165) is 42.5 Å². The molecule has 0 saturated carbocycles. The normalized spacial score (nSPS) is 21.2. The van der Waals surface area contributed by atoms with E-state index in [2.05, 4.69) is 25.4 Å². The Hall–Kier alpha value is -4.28. The second-order valence-corrected chi connectivity index (χ2v) is 9.49. The van der Waals surface area contributed by atoms with E-state index in [0.29, 0.717) is 22.7 Å². The summed E-state index contributed by atoms with van der Waals surface area (Å²) in [6.07, 6.45) is 10.3. The Morgan fingerprint density at radius 1 is 1.14 bits per heavy atom. The van der Waals surface area contributed by atoms with Crippen LogP contribution in [-0.2, 0) is 0 Å². The second kappa shape index (κ2) is 8.43. The molecule has 0 unspecified atom stereocenters. The fraction of sp³-hybridized carbons (Fsp3) is 0.360. The monoisotopic (exact) mass is 485 g/mol. The number of aromatic nitrogens is 6. The number of aromatic amines is 1. The fourth-order valence-corrected chi connectivity index (χ4v) is 5.85. The Labute approximate surface area is 207 Å². The molecule has 4 aromatic rings. The minimum atomic E-state index is -0.139. The smallest absolute Gasteiger partial charge is 0.317 e. The number of Topliss-reactive ketones (excluding diaryl/α,β-unsaturated/α-hetero) is 1. The van der Waals surface area contributed by atoms with E-state index >= 15 is 0 Å². The minimum Gasteiger partial charge on any atom is -0.383 e. The third-order valence-electron chi connectivity index (χ3n) is 7.45. The first kappa shape index (κ1) is 22.2.